The first kappa shape index (κ1) is 24.3. The molecule has 0 bridgehead atoms. The van der Waals surface area contributed by atoms with E-state index in [2.05, 4.69) is 29.0 Å². The Kier molecular flexibility index (Phi) is 9.94. The molecule has 2 rings (SSSR count). The van der Waals surface area contributed by atoms with Crippen LogP contribution in [-0.4, -0.2) is 26.1 Å². The SMILES string of the molecule is CC#CCCCCNC(=O)C(Cc1coc(CCC#CC)c1)S(=O)(=O)c1ccccc1. The molecule has 0 aliphatic rings. The summed E-state index contributed by atoms with van der Waals surface area (Å²) in [5, 5.41) is 1.56. The molecule has 1 amide bonds. The van der Waals surface area contributed by atoms with E-state index in [0.717, 1.165) is 25.0 Å². The zero-order valence-electron chi connectivity index (χ0n) is 18.1. The molecule has 0 saturated carbocycles. The number of furan rings is 1. The van der Waals surface area contributed by atoms with Gasteiger partial charge in [-0.3, -0.25) is 4.79 Å². The van der Waals surface area contributed by atoms with Gasteiger partial charge in [-0.25, -0.2) is 8.42 Å². The van der Waals surface area contributed by atoms with Crippen molar-refractivity contribution in [2.24, 2.45) is 0 Å². The third kappa shape index (κ3) is 7.66. The minimum absolute atomic E-state index is 0.0489. The first-order valence-electron chi connectivity index (χ1n) is 10.4. The first-order chi connectivity index (χ1) is 15.0. The fraction of sp³-hybridized carbons (Fsp3) is 0.400. The highest BCUT2D eigenvalue weighted by molar-refractivity contribution is 7.92. The van der Waals surface area contributed by atoms with Gasteiger partial charge in [0.05, 0.1) is 11.2 Å². The lowest BCUT2D eigenvalue weighted by Crippen LogP contribution is -2.41. The number of benzene rings is 1. The van der Waals surface area contributed by atoms with Crippen LogP contribution in [0.3, 0.4) is 0 Å². The quantitative estimate of drug-likeness (QED) is 0.425. The van der Waals surface area contributed by atoms with Crippen LogP contribution in [0, 0.1) is 23.7 Å². The zero-order valence-corrected chi connectivity index (χ0v) is 18.9. The molecule has 31 heavy (non-hydrogen) atoms. The maximum atomic E-state index is 13.2. The second-order valence-electron chi connectivity index (χ2n) is 7.07. The van der Waals surface area contributed by atoms with Gasteiger partial charge >= 0.3 is 0 Å². The van der Waals surface area contributed by atoms with E-state index in [-0.39, 0.29) is 11.3 Å². The Morgan fingerprint density at radius 1 is 1.06 bits per heavy atom. The summed E-state index contributed by atoms with van der Waals surface area (Å²) in [6.07, 6.45) is 5.24. The van der Waals surface area contributed by atoms with Crippen LogP contribution in [0.2, 0.25) is 0 Å². The fourth-order valence-corrected chi connectivity index (χ4v) is 4.74. The van der Waals surface area contributed by atoms with Crippen LogP contribution in [0.5, 0.6) is 0 Å². The van der Waals surface area contributed by atoms with Gasteiger partial charge in [-0.2, -0.15) is 0 Å². The average Bonchev–Trinajstić information content (AvgIpc) is 3.22. The van der Waals surface area contributed by atoms with Gasteiger partial charge in [0.15, 0.2) is 9.84 Å². The lowest BCUT2D eigenvalue weighted by Gasteiger charge is -2.17. The largest absolute Gasteiger partial charge is 0.469 e. The number of aryl methyl sites for hydroxylation is 1. The Bertz CT molecular complexity index is 1060. The van der Waals surface area contributed by atoms with Crippen molar-refractivity contribution in [2.75, 3.05) is 6.54 Å². The third-order valence-electron chi connectivity index (χ3n) is 4.75. The van der Waals surface area contributed by atoms with Crippen LogP contribution < -0.4 is 5.32 Å². The summed E-state index contributed by atoms with van der Waals surface area (Å²) in [6, 6.07) is 9.89. The molecule has 0 fully saturated rings. The Balaban J connectivity index is 2.14. The summed E-state index contributed by atoms with van der Waals surface area (Å²) >= 11 is 0. The van der Waals surface area contributed by atoms with Crippen LogP contribution in [0.1, 0.15) is 50.9 Å². The van der Waals surface area contributed by atoms with Gasteiger partial charge in [-0.05, 0) is 50.5 Å². The van der Waals surface area contributed by atoms with Crippen molar-refractivity contribution in [3.05, 3.63) is 54.0 Å². The predicted octanol–water partition coefficient (Wildman–Crippen LogP) is 3.93. The van der Waals surface area contributed by atoms with Gasteiger partial charge in [-0.15, -0.1) is 23.7 Å². The standard InChI is InChI=1S/C25H29NO4S/c1-3-5-7-8-13-17-26-25(27)24(31(28,29)23-15-11-9-12-16-23)19-21-18-22(30-20-21)14-10-6-4-2/h9,11-12,15-16,18,20,24H,7-8,10,13-14,17,19H2,1-2H3,(H,26,27). The van der Waals surface area contributed by atoms with Crippen molar-refractivity contribution >= 4 is 15.7 Å². The second-order valence-corrected chi connectivity index (χ2v) is 9.20. The van der Waals surface area contributed by atoms with Crippen molar-refractivity contribution < 1.29 is 17.6 Å². The Hall–Kier alpha value is -2.96. The van der Waals surface area contributed by atoms with Gasteiger partial charge < -0.3 is 9.73 Å². The van der Waals surface area contributed by atoms with Crippen molar-refractivity contribution in [2.45, 2.75) is 62.5 Å². The topological polar surface area (TPSA) is 76.4 Å². The number of carbonyl (C=O) groups excluding carboxylic acids is 1. The van der Waals surface area contributed by atoms with Gasteiger partial charge in [-0.1, -0.05) is 18.2 Å². The van der Waals surface area contributed by atoms with E-state index < -0.39 is 21.0 Å². The molecule has 0 spiro atoms. The van der Waals surface area contributed by atoms with E-state index >= 15 is 0 Å². The molecule has 1 aromatic carbocycles. The van der Waals surface area contributed by atoms with E-state index in [0.29, 0.717) is 24.9 Å². The number of nitrogens with one attached hydrogen (secondary N) is 1. The fourth-order valence-electron chi connectivity index (χ4n) is 3.10. The Morgan fingerprint density at radius 3 is 2.48 bits per heavy atom. The monoisotopic (exact) mass is 439 g/mol. The molecule has 6 heteroatoms. The highest BCUT2D eigenvalue weighted by atomic mass is 32.2. The molecule has 0 radical (unpaired) electrons. The molecular weight excluding hydrogens is 410 g/mol. The van der Waals surface area contributed by atoms with Gasteiger partial charge in [0, 0.05) is 32.2 Å². The second kappa shape index (κ2) is 12.7. The van der Waals surface area contributed by atoms with Crippen LogP contribution in [0.15, 0.2) is 52.0 Å². The molecule has 2 aromatic rings. The molecule has 164 valence electrons. The maximum Gasteiger partial charge on any atom is 0.239 e. The lowest BCUT2D eigenvalue weighted by atomic mass is 10.1. The number of amides is 1. The summed E-state index contributed by atoms with van der Waals surface area (Å²) in [6.45, 7) is 3.99. The van der Waals surface area contributed by atoms with Crippen LogP contribution in [0.4, 0.5) is 0 Å². The van der Waals surface area contributed by atoms with Crippen LogP contribution in [-0.2, 0) is 27.5 Å². The summed E-state index contributed by atoms with van der Waals surface area (Å²) in [5.41, 5.74) is 0.678. The van der Waals surface area contributed by atoms with Crippen molar-refractivity contribution in [3.63, 3.8) is 0 Å². The molecule has 5 nitrogen and oxygen atoms in total. The van der Waals surface area contributed by atoms with Crippen LogP contribution >= 0.6 is 0 Å². The van der Waals surface area contributed by atoms with E-state index in [4.69, 9.17) is 4.42 Å². The Morgan fingerprint density at radius 2 is 1.77 bits per heavy atom. The summed E-state index contributed by atoms with van der Waals surface area (Å²) in [4.78, 5) is 13.0. The smallest absolute Gasteiger partial charge is 0.239 e. The van der Waals surface area contributed by atoms with Gasteiger partial charge in [0.25, 0.3) is 0 Å². The van der Waals surface area contributed by atoms with E-state index in [1.807, 2.05) is 6.07 Å². The number of carbonyl (C=O) groups is 1. The number of sulfone groups is 1. The van der Waals surface area contributed by atoms with Crippen LogP contribution in [0.25, 0.3) is 0 Å². The number of rotatable bonds is 11. The molecule has 1 atom stereocenters. The van der Waals surface area contributed by atoms with E-state index in [1.165, 1.54) is 18.4 Å². The number of unbranched alkanes of at least 4 members (excludes halogenated alkanes) is 2. The molecule has 0 saturated heterocycles. The van der Waals surface area contributed by atoms with Crippen molar-refractivity contribution in [1.29, 1.82) is 0 Å². The molecule has 1 heterocycles. The predicted molar refractivity (Wildman–Crippen MR) is 122 cm³/mol. The Labute approximate surface area is 185 Å². The summed E-state index contributed by atoms with van der Waals surface area (Å²) in [7, 11) is -3.86. The zero-order chi connectivity index (χ0) is 22.5. The highest BCUT2D eigenvalue weighted by Crippen LogP contribution is 2.21. The molecule has 1 N–H and O–H groups in total. The summed E-state index contributed by atoms with van der Waals surface area (Å²) < 4.78 is 32.0. The van der Waals surface area contributed by atoms with E-state index in [9.17, 15) is 13.2 Å². The molecule has 1 aromatic heterocycles. The molecule has 1 unspecified atom stereocenters. The van der Waals surface area contributed by atoms with Crippen molar-refractivity contribution in [1.82, 2.24) is 5.32 Å². The minimum Gasteiger partial charge on any atom is -0.469 e. The van der Waals surface area contributed by atoms with Gasteiger partial charge in [0.2, 0.25) is 5.91 Å². The number of hydrogen-bond donors (Lipinski definition) is 1. The van der Waals surface area contributed by atoms with Gasteiger partial charge in [0.1, 0.15) is 11.0 Å². The highest BCUT2D eigenvalue weighted by Gasteiger charge is 2.34. The normalized spacial score (nSPS) is 11.5. The molecule has 0 aliphatic heterocycles. The molecular formula is C25H29NO4S. The lowest BCUT2D eigenvalue weighted by molar-refractivity contribution is -0.120. The third-order valence-corrected chi connectivity index (χ3v) is 6.80. The summed E-state index contributed by atoms with van der Waals surface area (Å²) in [5.74, 6) is 11.9. The number of hydrogen-bond acceptors (Lipinski definition) is 4. The average molecular weight is 440 g/mol. The molecule has 0 aliphatic carbocycles. The van der Waals surface area contributed by atoms with E-state index in [1.54, 1.807) is 32.0 Å². The maximum absolute atomic E-state index is 13.2. The first-order valence-corrected chi connectivity index (χ1v) is 12.0. The minimum atomic E-state index is -3.86. The van der Waals surface area contributed by atoms with Crippen molar-refractivity contribution in [3.8, 4) is 23.7 Å².